The molecule has 0 saturated carbocycles. The SMILES string of the molecule is CC(C)c1c(-c2ccccc2)c(-c2ccccc2)c(-c2ccc(F)cc2)n1C=C[C@H]1OC2OC(C)(C)OC2[C@H]1O. The first kappa shape index (κ1) is 26.7. The van der Waals surface area contributed by atoms with Crippen LogP contribution in [0.25, 0.3) is 39.7 Å². The third kappa shape index (κ3) is 4.82. The van der Waals surface area contributed by atoms with Gasteiger partial charge in [-0.3, -0.25) is 0 Å². The van der Waals surface area contributed by atoms with Gasteiger partial charge in [-0.1, -0.05) is 74.5 Å². The molecule has 2 unspecified atom stereocenters. The Morgan fingerprint density at radius 2 is 1.43 bits per heavy atom. The molecule has 2 fully saturated rings. The Kier molecular flexibility index (Phi) is 6.97. The van der Waals surface area contributed by atoms with E-state index < -0.39 is 30.4 Å². The lowest BCUT2D eigenvalue weighted by atomic mass is 9.91. The average Bonchev–Trinajstić information content (AvgIpc) is 3.55. The smallest absolute Gasteiger partial charge is 0.190 e. The van der Waals surface area contributed by atoms with Crippen LogP contribution in [0.5, 0.6) is 0 Å². The van der Waals surface area contributed by atoms with Crippen molar-refractivity contribution in [2.24, 2.45) is 0 Å². The second-order valence-corrected chi connectivity index (χ2v) is 11.1. The van der Waals surface area contributed by atoms with E-state index >= 15 is 0 Å². The minimum absolute atomic E-state index is 0.137. The molecule has 40 heavy (non-hydrogen) atoms. The van der Waals surface area contributed by atoms with Gasteiger partial charge in [0.05, 0.1) is 5.69 Å². The van der Waals surface area contributed by atoms with Crippen LogP contribution in [0.2, 0.25) is 0 Å². The van der Waals surface area contributed by atoms with E-state index in [1.165, 1.54) is 12.1 Å². The molecule has 0 radical (unpaired) electrons. The molecular formula is C34H34FNO4. The third-order valence-corrected chi connectivity index (χ3v) is 7.51. The fourth-order valence-electron chi connectivity index (χ4n) is 5.85. The van der Waals surface area contributed by atoms with Gasteiger partial charge in [0, 0.05) is 23.0 Å². The summed E-state index contributed by atoms with van der Waals surface area (Å²) >= 11 is 0. The molecule has 206 valence electrons. The van der Waals surface area contributed by atoms with Gasteiger partial charge >= 0.3 is 0 Å². The number of ether oxygens (including phenoxy) is 3. The number of aliphatic hydroxyl groups excluding tert-OH is 1. The summed E-state index contributed by atoms with van der Waals surface area (Å²) in [6.45, 7) is 7.97. The van der Waals surface area contributed by atoms with E-state index in [1.54, 1.807) is 0 Å². The van der Waals surface area contributed by atoms with E-state index in [-0.39, 0.29) is 11.7 Å². The molecule has 6 rings (SSSR count). The van der Waals surface area contributed by atoms with Crippen molar-refractivity contribution in [2.75, 3.05) is 0 Å². The van der Waals surface area contributed by atoms with Crippen LogP contribution in [0.3, 0.4) is 0 Å². The van der Waals surface area contributed by atoms with Crippen LogP contribution < -0.4 is 0 Å². The molecule has 2 aliphatic rings. The van der Waals surface area contributed by atoms with Crippen molar-refractivity contribution >= 4 is 6.20 Å². The standard InChI is InChI=1S/C34H34FNO4/c1-21(2)29-27(22-11-7-5-8-12-22)28(23-13-9-6-10-14-23)30(24-15-17-25(35)18-16-24)36(29)20-19-26-31(37)32-33(38-26)40-34(3,4)39-32/h5-21,26,31-33,37H,1-4H3/t26-,31+,32?,33?/m1/s1. The molecule has 0 spiro atoms. The monoisotopic (exact) mass is 539 g/mol. The molecule has 1 aromatic heterocycles. The van der Waals surface area contributed by atoms with Gasteiger partial charge in [0.25, 0.3) is 0 Å². The molecule has 3 aromatic carbocycles. The Morgan fingerprint density at radius 3 is 2.00 bits per heavy atom. The van der Waals surface area contributed by atoms with Crippen molar-refractivity contribution in [2.45, 2.75) is 64.0 Å². The lowest BCUT2D eigenvalue weighted by Gasteiger charge is -2.21. The Hall–Kier alpha value is -3.55. The predicted molar refractivity (Wildman–Crippen MR) is 155 cm³/mol. The average molecular weight is 540 g/mol. The van der Waals surface area contributed by atoms with E-state index in [2.05, 4.69) is 42.7 Å². The van der Waals surface area contributed by atoms with E-state index in [1.807, 2.05) is 74.7 Å². The number of aromatic nitrogens is 1. The number of hydrogen-bond donors (Lipinski definition) is 1. The van der Waals surface area contributed by atoms with Gasteiger partial charge in [-0.25, -0.2) is 4.39 Å². The van der Waals surface area contributed by atoms with Crippen molar-refractivity contribution < 1.29 is 23.7 Å². The van der Waals surface area contributed by atoms with Gasteiger partial charge in [0.2, 0.25) is 0 Å². The van der Waals surface area contributed by atoms with Crippen LogP contribution in [-0.4, -0.2) is 40.1 Å². The molecule has 6 heteroatoms. The molecule has 1 N–H and O–H groups in total. The molecule has 4 atom stereocenters. The minimum Gasteiger partial charge on any atom is -0.387 e. The minimum atomic E-state index is -0.877. The first-order valence-electron chi connectivity index (χ1n) is 13.8. The maximum atomic E-state index is 14.1. The van der Waals surface area contributed by atoms with Crippen LogP contribution >= 0.6 is 0 Å². The number of hydrogen-bond acceptors (Lipinski definition) is 4. The second kappa shape index (κ2) is 10.5. The molecule has 0 amide bonds. The molecule has 2 saturated heterocycles. The summed E-state index contributed by atoms with van der Waals surface area (Å²) in [5.74, 6) is -0.956. The Bertz CT molecular complexity index is 1510. The lowest BCUT2D eigenvalue weighted by Crippen LogP contribution is -2.33. The maximum absolute atomic E-state index is 14.1. The first-order valence-corrected chi connectivity index (χ1v) is 13.8. The highest BCUT2D eigenvalue weighted by molar-refractivity contribution is 5.97. The summed E-state index contributed by atoms with van der Waals surface area (Å²) in [5.41, 5.74) is 7.25. The molecule has 3 heterocycles. The summed E-state index contributed by atoms with van der Waals surface area (Å²) in [6.07, 6.45) is 1.14. The number of benzene rings is 3. The summed E-state index contributed by atoms with van der Waals surface area (Å²) < 4.78 is 34.1. The first-order chi connectivity index (χ1) is 19.2. The molecule has 5 nitrogen and oxygen atoms in total. The number of fused-ring (bicyclic) bond motifs is 1. The van der Waals surface area contributed by atoms with Gasteiger partial charge in [-0.15, -0.1) is 0 Å². The van der Waals surface area contributed by atoms with Crippen LogP contribution in [-0.2, 0) is 14.2 Å². The number of halogens is 1. The Labute approximate surface area is 234 Å². The number of nitrogens with zero attached hydrogens (tertiary/aromatic N) is 1. The van der Waals surface area contributed by atoms with E-state index in [9.17, 15) is 9.50 Å². The Morgan fingerprint density at radius 1 is 0.825 bits per heavy atom. The zero-order valence-electron chi connectivity index (χ0n) is 23.1. The summed E-state index contributed by atoms with van der Waals surface area (Å²) in [6, 6.07) is 27.2. The van der Waals surface area contributed by atoms with Gasteiger partial charge in [0.1, 0.15) is 24.1 Å². The lowest BCUT2D eigenvalue weighted by molar-refractivity contribution is -0.209. The van der Waals surface area contributed by atoms with Crippen molar-refractivity contribution in [3.05, 3.63) is 103 Å². The molecule has 0 bridgehead atoms. The zero-order valence-corrected chi connectivity index (χ0v) is 23.1. The highest BCUT2D eigenvalue weighted by atomic mass is 19.1. The second-order valence-electron chi connectivity index (χ2n) is 11.1. The highest BCUT2D eigenvalue weighted by Crippen LogP contribution is 2.47. The zero-order chi connectivity index (χ0) is 28.0. The highest BCUT2D eigenvalue weighted by Gasteiger charge is 2.53. The van der Waals surface area contributed by atoms with E-state index in [0.717, 1.165) is 39.2 Å². The quantitative estimate of drug-likeness (QED) is 0.276. The van der Waals surface area contributed by atoms with Crippen LogP contribution in [0.15, 0.2) is 91.0 Å². The van der Waals surface area contributed by atoms with Gasteiger partial charge in [-0.2, -0.15) is 0 Å². The largest absolute Gasteiger partial charge is 0.387 e. The Balaban J connectivity index is 1.57. The van der Waals surface area contributed by atoms with Crippen molar-refractivity contribution in [1.29, 1.82) is 0 Å². The number of aliphatic hydroxyl groups is 1. The summed E-state index contributed by atoms with van der Waals surface area (Å²) in [7, 11) is 0. The van der Waals surface area contributed by atoms with E-state index in [4.69, 9.17) is 14.2 Å². The topological polar surface area (TPSA) is 52.9 Å². The van der Waals surface area contributed by atoms with Crippen molar-refractivity contribution in [3.63, 3.8) is 0 Å². The maximum Gasteiger partial charge on any atom is 0.190 e. The van der Waals surface area contributed by atoms with Gasteiger partial charge in [0.15, 0.2) is 12.1 Å². The van der Waals surface area contributed by atoms with Gasteiger partial charge in [-0.05, 0) is 66.8 Å². The number of rotatable bonds is 6. The molecule has 2 aliphatic heterocycles. The molecule has 0 aliphatic carbocycles. The van der Waals surface area contributed by atoms with Crippen LogP contribution in [0, 0.1) is 5.82 Å². The van der Waals surface area contributed by atoms with Crippen LogP contribution in [0.4, 0.5) is 4.39 Å². The summed E-state index contributed by atoms with van der Waals surface area (Å²) in [4.78, 5) is 0. The normalized spacial score (nSPS) is 23.8. The fraction of sp³-hybridized carbons (Fsp3) is 0.294. The summed E-state index contributed by atoms with van der Waals surface area (Å²) in [5, 5.41) is 11.0. The van der Waals surface area contributed by atoms with Crippen molar-refractivity contribution in [3.8, 4) is 33.5 Å². The van der Waals surface area contributed by atoms with Crippen LogP contribution in [0.1, 0.15) is 39.3 Å². The predicted octanol–water partition coefficient (Wildman–Crippen LogP) is 7.46. The third-order valence-electron chi connectivity index (χ3n) is 7.51. The van der Waals surface area contributed by atoms with Gasteiger partial charge < -0.3 is 23.9 Å². The molecular weight excluding hydrogens is 505 g/mol. The fourth-order valence-corrected chi connectivity index (χ4v) is 5.85. The molecule has 4 aromatic rings. The van der Waals surface area contributed by atoms with E-state index in [0.29, 0.717) is 0 Å². The van der Waals surface area contributed by atoms with Crippen molar-refractivity contribution in [1.82, 2.24) is 4.57 Å².